The lowest BCUT2D eigenvalue weighted by atomic mass is 9.95. The summed E-state index contributed by atoms with van der Waals surface area (Å²) in [4.78, 5) is 11.0. The molecule has 0 aromatic heterocycles. The maximum Gasteiger partial charge on any atom is 0.352 e. The highest BCUT2D eigenvalue weighted by Crippen LogP contribution is 2.29. The van der Waals surface area contributed by atoms with E-state index in [4.69, 9.17) is 27.5 Å². The van der Waals surface area contributed by atoms with E-state index in [2.05, 4.69) is 0 Å². The van der Waals surface area contributed by atoms with Crippen molar-refractivity contribution < 1.29 is 9.53 Å². The van der Waals surface area contributed by atoms with E-state index >= 15 is 0 Å². The average molecular weight is 225 g/mol. The van der Waals surface area contributed by atoms with Crippen molar-refractivity contribution in [2.24, 2.45) is 0 Å². The molecule has 1 aliphatic rings. The minimum Gasteiger partial charge on any atom is -0.460 e. The normalized spacial score (nSPS) is 20.5. The Morgan fingerprint density at radius 3 is 2.80 bits per heavy atom. The third kappa shape index (κ3) is 1.68. The zero-order valence-electron chi connectivity index (χ0n) is 7.79. The highest BCUT2D eigenvalue weighted by molar-refractivity contribution is 6.39. The minimum absolute atomic E-state index is 0.0518. The zero-order chi connectivity index (χ0) is 11.0. The summed E-state index contributed by atoms with van der Waals surface area (Å²) >= 11 is 5.76. The van der Waals surface area contributed by atoms with Gasteiger partial charge in [0.2, 0.25) is 0 Å². The van der Waals surface area contributed by atoms with E-state index in [1.165, 1.54) is 0 Å². The van der Waals surface area contributed by atoms with Gasteiger partial charge in [-0.25, -0.2) is 4.79 Å². The summed E-state index contributed by atoms with van der Waals surface area (Å²) in [5.41, 5.74) is 6.91. The molecule has 1 aromatic rings. The molecule has 0 amide bonds. The Kier molecular flexibility index (Phi) is 2.36. The first-order valence-corrected chi connectivity index (χ1v) is 4.78. The average Bonchev–Trinajstić information content (AvgIpc) is 2.49. The molecule has 4 nitrogen and oxygen atoms in total. The van der Waals surface area contributed by atoms with Gasteiger partial charge in [-0.1, -0.05) is 17.7 Å². The summed E-state index contributed by atoms with van der Waals surface area (Å²) in [6.07, 6.45) is 0. The topological polar surface area (TPSA) is 76.2 Å². The van der Waals surface area contributed by atoms with Gasteiger partial charge in [0.1, 0.15) is 12.3 Å². The molecule has 5 heteroatoms. The van der Waals surface area contributed by atoms with Crippen molar-refractivity contribution in [3.05, 3.63) is 28.8 Å². The number of ether oxygens (including phenoxy) is 1. The fourth-order valence-corrected chi connectivity index (χ4v) is 1.75. The Morgan fingerprint density at radius 1 is 1.53 bits per heavy atom. The Hall–Kier alpha value is -1.55. The molecule has 78 valence electrons. The summed E-state index contributed by atoms with van der Waals surface area (Å²) < 4.78 is 4.77. The lowest BCUT2D eigenvalue weighted by Gasteiger charge is -2.10. The van der Waals surface area contributed by atoms with E-state index in [0.717, 1.165) is 5.56 Å². The van der Waals surface area contributed by atoms with E-state index in [-0.39, 0.29) is 18.2 Å². The van der Waals surface area contributed by atoms with Crippen molar-refractivity contribution in [2.75, 3.05) is 12.3 Å². The largest absolute Gasteiger partial charge is 0.460 e. The van der Waals surface area contributed by atoms with E-state index in [1.54, 1.807) is 18.2 Å². The Balaban J connectivity index is 2.38. The molecule has 1 unspecified atom stereocenters. The molecular formula is C10H9ClN2O2. The molecule has 3 N–H and O–H groups in total. The lowest BCUT2D eigenvalue weighted by molar-refractivity contribution is -0.132. The van der Waals surface area contributed by atoms with Gasteiger partial charge >= 0.3 is 5.97 Å². The van der Waals surface area contributed by atoms with Crippen LogP contribution in [0.4, 0.5) is 5.69 Å². The number of halogens is 1. The molecule has 0 bridgehead atoms. The summed E-state index contributed by atoms with van der Waals surface area (Å²) in [5, 5.41) is 8.07. The molecule has 1 saturated heterocycles. The first-order chi connectivity index (χ1) is 7.09. The number of carbonyl (C=O) groups excluding carboxylic acids is 1. The maximum absolute atomic E-state index is 11.0. The van der Waals surface area contributed by atoms with Gasteiger partial charge in [0.25, 0.3) is 0 Å². The fraction of sp³-hybridized carbons (Fsp3) is 0.200. The van der Waals surface area contributed by atoms with Crippen LogP contribution in [-0.4, -0.2) is 18.3 Å². The molecule has 0 radical (unpaired) electrons. The number of esters is 1. The molecular weight excluding hydrogens is 216 g/mol. The van der Waals surface area contributed by atoms with E-state index in [9.17, 15) is 4.79 Å². The van der Waals surface area contributed by atoms with Crippen LogP contribution in [0.5, 0.6) is 0 Å². The second-order valence-corrected chi connectivity index (χ2v) is 3.77. The predicted molar refractivity (Wildman–Crippen MR) is 57.3 cm³/mol. The molecule has 2 rings (SSSR count). The summed E-state index contributed by atoms with van der Waals surface area (Å²) in [7, 11) is 0. The molecule has 1 aromatic carbocycles. The number of carbonyl (C=O) groups is 1. The number of anilines is 1. The first kappa shape index (κ1) is 9.98. The summed E-state index contributed by atoms with van der Waals surface area (Å²) in [6, 6.07) is 5.01. The number of hydrogen-bond acceptors (Lipinski definition) is 4. The maximum atomic E-state index is 11.0. The van der Waals surface area contributed by atoms with E-state index in [0.29, 0.717) is 10.7 Å². The minimum atomic E-state index is -0.575. The van der Waals surface area contributed by atoms with E-state index < -0.39 is 5.97 Å². The SMILES string of the molecule is N=C1C(=O)OCC1c1ccc(Cl)cc1N. The number of cyclic esters (lactones) is 1. The van der Waals surface area contributed by atoms with Crippen LogP contribution >= 0.6 is 11.6 Å². The number of hydrogen-bond donors (Lipinski definition) is 2. The third-order valence-corrected chi connectivity index (χ3v) is 2.61. The van der Waals surface area contributed by atoms with Gasteiger partial charge in [-0.05, 0) is 17.7 Å². The zero-order valence-corrected chi connectivity index (χ0v) is 8.54. The van der Waals surface area contributed by atoms with Crippen molar-refractivity contribution in [1.82, 2.24) is 0 Å². The van der Waals surface area contributed by atoms with Crippen molar-refractivity contribution in [3.63, 3.8) is 0 Å². The number of nitrogens with one attached hydrogen (secondary N) is 1. The second-order valence-electron chi connectivity index (χ2n) is 3.34. The first-order valence-electron chi connectivity index (χ1n) is 4.40. The van der Waals surface area contributed by atoms with E-state index in [1.807, 2.05) is 0 Å². The highest BCUT2D eigenvalue weighted by Gasteiger charge is 2.33. The van der Waals surface area contributed by atoms with Gasteiger partial charge in [-0.3, -0.25) is 5.41 Å². The van der Waals surface area contributed by atoms with Crippen LogP contribution in [0.15, 0.2) is 18.2 Å². The molecule has 1 fully saturated rings. The van der Waals surface area contributed by atoms with Crippen LogP contribution in [0.3, 0.4) is 0 Å². The molecule has 15 heavy (non-hydrogen) atoms. The van der Waals surface area contributed by atoms with Crippen LogP contribution in [0.1, 0.15) is 11.5 Å². The van der Waals surface area contributed by atoms with Gasteiger partial charge in [0.15, 0.2) is 0 Å². The Bertz CT molecular complexity index is 445. The monoisotopic (exact) mass is 224 g/mol. The number of nitrogens with two attached hydrogens (primary N) is 1. The quantitative estimate of drug-likeness (QED) is 0.562. The van der Waals surface area contributed by atoms with Gasteiger partial charge in [-0.2, -0.15) is 0 Å². The molecule has 1 heterocycles. The van der Waals surface area contributed by atoms with Gasteiger partial charge in [0.05, 0.1) is 5.92 Å². The van der Waals surface area contributed by atoms with Crippen LogP contribution in [0.25, 0.3) is 0 Å². The van der Waals surface area contributed by atoms with Crippen molar-refractivity contribution >= 4 is 29.0 Å². The van der Waals surface area contributed by atoms with Crippen molar-refractivity contribution in [1.29, 1.82) is 5.41 Å². The molecule has 0 spiro atoms. The van der Waals surface area contributed by atoms with Crippen molar-refractivity contribution in [3.8, 4) is 0 Å². The molecule has 1 aliphatic heterocycles. The van der Waals surface area contributed by atoms with Gasteiger partial charge in [-0.15, -0.1) is 0 Å². The van der Waals surface area contributed by atoms with Crippen LogP contribution in [-0.2, 0) is 9.53 Å². The van der Waals surface area contributed by atoms with Crippen LogP contribution in [0, 0.1) is 5.41 Å². The summed E-state index contributed by atoms with van der Waals surface area (Å²) in [6.45, 7) is 0.184. The van der Waals surface area contributed by atoms with Crippen molar-refractivity contribution in [2.45, 2.75) is 5.92 Å². The smallest absolute Gasteiger partial charge is 0.352 e. The third-order valence-electron chi connectivity index (χ3n) is 2.37. The fourth-order valence-electron chi connectivity index (χ4n) is 1.57. The molecule has 1 atom stereocenters. The van der Waals surface area contributed by atoms with Gasteiger partial charge in [0, 0.05) is 10.7 Å². The Labute approximate surface area is 91.5 Å². The Morgan fingerprint density at radius 2 is 2.27 bits per heavy atom. The predicted octanol–water partition coefficient (Wildman–Crippen LogP) is 1.58. The van der Waals surface area contributed by atoms with Gasteiger partial charge < -0.3 is 10.5 Å². The number of nitrogen functional groups attached to an aromatic ring is 1. The van der Waals surface area contributed by atoms with Crippen LogP contribution < -0.4 is 5.73 Å². The second kappa shape index (κ2) is 3.55. The number of rotatable bonds is 1. The number of benzene rings is 1. The molecule has 0 aliphatic carbocycles. The summed E-state index contributed by atoms with van der Waals surface area (Å²) in [5.74, 6) is -0.941. The highest BCUT2D eigenvalue weighted by atomic mass is 35.5. The molecule has 0 saturated carbocycles. The van der Waals surface area contributed by atoms with Crippen LogP contribution in [0.2, 0.25) is 5.02 Å². The lowest BCUT2D eigenvalue weighted by Crippen LogP contribution is -2.13. The standard InChI is InChI=1S/C10H9ClN2O2/c11-5-1-2-6(8(12)3-5)7-4-15-10(14)9(7)13/h1-3,7,13H,4,12H2.